The van der Waals surface area contributed by atoms with E-state index < -0.39 is 16.0 Å². The Bertz CT molecular complexity index is 620. The highest BCUT2D eigenvalue weighted by Gasteiger charge is 2.23. The van der Waals surface area contributed by atoms with Gasteiger partial charge in [0.15, 0.2) is 0 Å². The molecule has 0 radical (unpaired) electrons. The molecule has 0 heterocycles. The number of sulfonamides is 1. The van der Waals surface area contributed by atoms with Gasteiger partial charge in [0.05, 0.1) is 10.5 Å². The van der Waals surface area contributed by atoms with Crippen molar-refractivity contribution >= 4 is 16.0 Å². The Hall–Kier alpha value is -1.40. The summed E-state index contributed by atoms with van der Waals surface area (Å²) in [4.78, 5) is 11.1. The SMILES string of the molecule is Cc1cc(C(=O)O)cc(S(=O)(=O)NC(C)C(C)C)c1C. The molecule has 1 aromatic carbocycles. The Morgan fingerprint density at radius 3 is 2.20 bits per heavy atom. The van der Waals surface area contributed by atoms with E-state index in [2.05, 4.69) is 4.72 Å². The molecule has 1 atom stereocenters. The lowest BCUT2D eigenvalue weighted by atomic mass is 10.1. The van der Waals surface area contributed by atoms with E-state index in [9.17, 15) is 13.2 Å². The third kappa shape index (κ3) is 3.58. The van der Waals surface area contributed by atoms with Crippen LogP contribution in [0.1, 0.15) is 42.3 Å². The second-order valence-electron chi connectivity index (χ2n) is 5.38. The summed E-state index contributed by atoms with van der Waals surface area (Å²) in [6.07, 6.45) is 0. The van der Waals surface area contributed by atoms with Gasteiger partial charge in [-0.1, -0.05) is 13.8 Å². The smallest absolute Gasteiger partial charge is 0.335 e. The van der Waals surface area contributed by atoms with Crippen molar-refractivity contribution in [3.8, 4) is 0 Å². The van der Waals surface area contributed by atoms with Crippen molar-refractivity contribution in [1.82, 2.24) is 4.72 Å². The number of nitrogens with one attached hydrogen (secondary N) is 1. The van der Waals surface area contributed by atoms with E-state index in [1.54, 1.807) is 20.8 Å². The van der Waals surface area contributed by atoms with Crippen molar-refractivity contribution in [2.45, 2.75) is 45.6 Å². The van der Waals surface area contributed by atoms with E-state index in [0.717, 1.165) is 0 Å². The number of benzene rings is 1. The van der Waals surface area contributed by atoms with E-state index in [1.807, 2.05) is 13.8 Å². The number of carboxylic acids is 1. The van der Waals surface area contributed by atoms with E-state index in [-0.39, 0.29) is 22.4 Å². The van der Waals surface area contributed by atoms with Crippen LogP contribution in [0, 0.1) is 19.8 Å². The van der Waals surface area contributed by atoms with Crippen molar-refractivity contribution in [3.63, 3.8) is 0 Å². The van der Waals surface area contributed by atoms with Crippen LogP contribution in [0.2, 0.25) is 0 Å². The van der Waals surface area contributed by atoms with Crippen LogP contribution in [0.25, 0.3) is 0 Å². The monoisotopic (exact) mass is 299 g/mol. The molecule has 0 bridgehead atoms. The first-order valence-corrected chi connectivity index (χ1v) is 7.91. The first-order valence-electron chi connectivity index (χ1n) is 6.43. The molecule has 0 aliphatic heterocycles. The molecular weight excluding hydrogens is 278 g/mol. The molecule has 1 aromatic rings. The third-order valence-electron chi connectivity index (χ3n) is 3.50. The van der Waals surface area contributed by atoms with Gasteiger partial charge in [-0.25, -0.2) is 17.9 Å². The maximum atomic E-state index is 12.4. The van der Waals surface area contributed by atoms with Gasteiger partial charge in [-0.15, -0.1) is 0 Å². The van der Waals surface area contributed by atoms with Gasteiger partial charge in [0.2, 0.25) is 10.0 Å². The minimum Gasteiger partial charge on any atom is -0.478 e. The third-order valence-corrected chi connectivity index (χ3v) is 5.18. The molecule has 0 spiro atoms. The fourth-order valence-electron chi connectivity index (χ4n) is 1.67. The molecule has 6 heteroatoms. The maximum Gasteiger partial charge on any atom is 0.335 e. The topological polar surface area (TPSA) is 83.5 Å². The summed E-state index contributed by atoms with van der Waals surface area (Å²) in [5.41, 5.74) is 1.19. The second-order valence-corrected chi connectivity index (χ2v) is 7.06. The predicted molar refractivity (Wildman–Crippen MR) is 77.5 cm³/mol. The lowest BCUT2D eigenvalue weighted by Crippen LogP contribution is -2.36. The highest BCUT2D eigenvalue weighted by Crippen LogP contribution is 2.22. The number of aryl methyl sites for hydroxylation is 1. The highest BCUT2D eigenvalue weighted by atomic mass is 32.2. The Morgan fingerprint density at radius 1 is 1.20 bits per heavy atom. The van der Waals surface area contributed by atoms with Crippen LogP contribution in [-0.2, 0) is 10.0 Å². The van der Waals surface area contributed by atoms with E-state index in [4.69, 9.17) is 5.11 Å². The maximum absolute atomic E-state index is 12.4. The van der Waals surface area contributed by atoms with Gasteiger partial charge in [0.1, 0.15) is 0 Å². The molecule has 0 amide bonds. The summed E-state index contributed by atoms with van der Waals surface area (Å²) in [6.45, 7) is 8.99. The van der Waals surface area contributed by atoms with Gasteiger partial charge in [-0.2, -0.15) is 0 Å². The van der Waals surface area contributed by atoms with Gasteiger partial charge in [0, 0.05) is 6.04 Å². The van der Waals surface area contributed by atoms with Crippen LogP contribution >= 0.6 is 0 Å². The zero-order valence-corrected chi connectivity index (χ0v) is 13.2. The molecule has 1 rings (SSSR count). The Kier molecular flexibility index (Phi) is 4.94. The lowest BCUT2D eigenvalue weighted by Gasteiger charge is -2.19. The molecule has 5 nitrogen and oxygen atoms in total. The summed E-state index contributed by atoms with van der Waals surface area (Å²) in [6, 6.07) is 2.45. The van der Waals surface area contributed by atoms with Crippen molar-refractivity contribution in [2.75, 3.05) is 0 Å². The van der Waals surface area contributed by atoms with E-state index >= 15 is 0 Å². The van der Waals surface area contributed by atoms with Gasteiger partial charge in [-0.05, 0) is 49.9 Å². The van der Waals surface area contributed by atoms with Crippen LogP contribution in [-0.4, -0.2) is 25.5 Å². The highest BCUT2D eigenvalue weighted by molar-refractivity contribution is 7.89. The molecule has 112 valence electrons. The van der Waals surface area contributed by atoms with Crippen molar-refractivity contribution in [2.24, 2.45) is 5.92 Å². The fourth-order valence-corrected chi connectivity index (χ4v) is 3.41. The van der Waals surface area contributed by atoms with E-state index in [1.165, 1.54) is 12.1 Å². The largest absolute Gasteiger partial charge is 0.478 e. The van der Waals surface area contributed by atoms with Crippen LogP contribution in [0.3, 0.4) is 0 Å². The van der Waals surface area contributed by atoms with Crippen LogP contribution in [0.5, 0.6) is 0 Å². The van der Waals surface area contributed by atoms with Crippen molar-refractivity contribution in [1.29, 1.82) is 0 Å². The van der Waals surface area contributed by atoms with Crippen molar-refractivity contribution in [3.05, 3.63) is 28.8 Å². The van der Waals surface area contributed by atoms with Crippen molar-refractivity contribution < 1.29 is 18.3 Å². The molecular formula is C14H21NO4S. The molecule has 2 N–H and O–H groups in total. The summed E-state index contributed by atoms with van der Waals surface area (Å²) in [7, 11) is -3.73. The molecule has 0 aliphatic rings. The van der Waals surface area contributed by atoms with E-state index in [0.29, 0.717) is 11.1 Å². The number of rotatable bonds is 5. The molecule has 0 saturated heterocycles. The Labute approximate surface area is 120 Å². The Balaban J connectivity index is 3.34. The zero-order valence-electron chi connectivity index (χ0n) is 12.4. The van der Waals surface area contributed by atoms with Crippen LogP contribution in [0.15, 0.2) is 17.0 Å². The normalized spacial score (nSPS) is 13.5. The lowest BCUT2D eigenvalue weighted by molar-refractivity contribution is 0.0696. The zero-order chi connectivity index (χ0) is 15.7. The van der Waals surface area contributed by atoms with Crippen LogP contribution < -0.4 is 4.72 Å². The minimum absolute atomic E-state index is 0.0225. The predicted octanol–water partition coefficient (Wildman–Crippen LogP) is 2.32. The number of hydrogen-bond donors (Lipinski definition) is 2. The van der Waals surface area contributed by atoms with Gasteiger partial charge in [0.25, 0.3) is 0 Å². The Morgan fingerprint density at radius 2 is 1.75 bits per heavy atom. The molecule has 20 heavy (non-hydrogen) atoms. The fraction of sp³-hybridized carbons (Fsp3) is 0.500. The average molecular weight is 299 g/mol. The van der Waals surface area contributed by atoms with Crippen LogP contribution in [0.4, 0.5) is 0 Å². The number of aromatic carboxylic acids is 1. The summed E-state index contributed by atoms with van der Waals surface area (Å²) in [5.74, 6) is -0.990. The standard InChI is InChI=1S/C14H21NO4S/c1-8(2)11(5)15-20(18,19)13-7-12(14(16)17)6-9(3)10(13)4/h6-8,11,15H,1-5H3,(H,16,17). The number of hydrogen-bond acceptors (Lipinski definition) is 3. The van der Waals surface area contributed by atoms with Gasteiger partial charge >= 0.3 is 5.97 Å². The number of carbonyl (C=O) groups is 1. The quantitative estimate of drug-likeness (QED) is 0.874. The molecule has 1 unspecified atom stereocenters. The molecule has 0 aliphatic carbocycles. The molecule has 0 aromatic heterocycles. The first kappa shape index (κ1) is 16.7. The first-order chi connectivity index (χ1) is 9.06. The summed E-state index contributed by atoms with van der Waals surface area (Å²) >= 11 is 0. The molecule has 0 saturated carbocycles. The minimum atomic E-state index is -3.73. The number of carboxylic acid groups (broad SMARTS) is 1. The summed E-state index contributed by atoms with van der Waals surface area (Å²) < 4.78 is 27.4. The summed E-state index contributed by atoms with van der Waals surface area (Å²) in [5, 5.41) is 9.05. The second kappa shape index (κ2) is 5.93. The van der Waals surface area contributed by atoms with Gasteiger partial charge in [-0.3, -0.25) is 0 Å². The molecule has 0 fully saturated rings. The average Bonchev–Trinajstić information content (AvgIpc) is 2.31. The van der Waals surface area contributed by atoms with Gasteiger partial charge < -0.3 is 5.11 Å².